The Morgan fingerprint density at radius 3 is 2.38 bits per heavy atom. The third kappa shape index (κ3) is 2.45. The Labute approximate surface area is 81.3 Å². The van der Waals surface area contributed by atoms with Gasteiger partial charge in [0.15, 0.2) is 0 Å². The Hall–Kier alpha value is -0.550. The van der Waals surface area contributed by atoms with Crippen molar-refractivity contribution in [2.75, 3.05) is 0 Å². The van der Waals surface area contributed by atoms with Crippen LogP contribution in [0.4, 0.5) is 13.2 Å². The summed E-state index contributed by atoms with van der Waals surface area (Å²) in [7, 11) is 0. The predicted molar refractivity (Wildman–Crippen MR) is 45.1 cm³/mol. The molecule has 5 heteroatoms. The number of alkyl halides is 3. The molecule has 1 rings (SSSR count). The lowest BCUT2D eigenvalue weighted by Gasteiger charge is -2.09. The zero-order valence-corrected chi connectivity index (χ0v) is 7.98. The number of hydrogen-bond acceptors (Lipinski definition) is 1. The molecule has 1 aromatic carbocycles. The molecular formula is C8H6BrF3O. The first-order valence-corrected chi connectivity index (χ1v) is 4.21. The van der Waals surface area contributed by atoms with E-state index in [9.17, 15) is 13.2 Å². The zero-order valence-electron chi connectivity index (χ0n) is 6.40. The van der Waals surface area contributed by atoms with Crippen LogP contribution in [-0.2, 0) is 12.8 Å². The maximum absolute atomic E-state index is 12.3. The number of halogens is 4. The highest BCUT2D eigenvalue weighted by Gasteiger charge is 2.32. The zero-order chi connectivity index (χ0) is 10.1. The van der Waals surface area contributed by atoms with Gasteiger partial charge in [0, 0.05) is 4.47 Å². The molecule has 0 atom stereocenters. The topological polar surface area (TPSA) is 20.2 Å². The van der Waals surface area contributed by atoms with Gasteiger partial charge in [-0.3, -0.25) is 0 Å². The maximum Gasteiger partial charge on any atom is 0.417 e. The van der Waals surface area contributed by atoms with Crippen molar-refractivity contribution in [3.8, 4) is 0 Å². The Kier molecular flexibility index (Phi) is 2.98. The highest BCUT2D eigenvalue weighted by atomic mass is 79.9. The summed E-state index contributed by atoms with van der Waals surface area (Å²) in [6.45, 7) is -0.393. The van der Waals surface area contributed by atoms with Crippen LogP contribution in [0.3, 0.4) is 0 Å². The van der Waals surface area contributed by atoms with Crippen LogP contribution < -0.4 is 0 Å². The SMILES string of the molecule is OCc1ccc(Br)c(C(F)(F)F)c1. The molecule has 0 aliphatic rings. The third-order valence-corrected chi connectivity index (χ3v) is 2.21. The quantitative estimate of drug-likeness (QED) is 0.817. The second-order valence-electron chi connectivity index (χ2n) is 2.47. The van der Waals surface area contributed by atoms with Gasteiger partial charge in [0.05, 0.1) is 12.2 Å². The lowest BCUT2D eigenvalue weighted by molar-refractivity contribution is -0.138. The van der Waals surface area contributed by atoms with Crippen LogP contribution in [0.1, 0.15) is 11.1 Å². The van der Waals surface area contributed by atoms with Crippen LogP contribution in [0.15, 0.2) is 22.7 Å². The van der Waals surface area contributed by atoms with Gasteiger partial charge < -0.3 is 5.11 Å². The first-order valence-electron chi connectivity index (χ1n) is 3.41. The second kappa shape index (κ2) is 3.67. The van der Waals surface area contributed by atoms with E-state index in [-0.39, 0.29) is 10.0 Å². The summed E-state index contributed by atoms with van der Waals surface area (Å²) in [6.07, 6.45) is -4.38. The fourth-order valence-corrected chi connectivity index (χ4v) is 1.36. The minimum Gasteiger partial charge on any atom is -0.392 e. The van der Waals surface area contributed by atoms with Gasteiger partial charge >= 0.3 is 6.18 Å². The molecule has 0 saturated heterocycles. The number of rotatable bonds is 1. The Morgan fingerprint density at radius 1 is 1.31 bits per heavy atom. The fourth-order valence-electron chi connectivity index (χ4n) is 0.888. The van der Waals surface area contributed by atoms with Gasteiger partial charge in [-0.15, -0.1) is 0 Å². The summed E-state index contributed by atoms with van der Waals surface area (Å²) in [5.74, 6) is 0. The standard InChI is InChI=1S/C8H6BrF3O/c9-7-2-1-5(4-13)3-6(7)8(10,11)12/h1-3,13H,4H2. The average Bonchev–Trinajstić information content (AvgIpc) is 2.03. The molecule has 0 fully saturated rings. The predicted octanol–water partition coefficient (Wildman–Crippen LogP) is 2.96. The fraction of sp³-hybridized carbons (Fsp3) is 0.250. The lowest BCUT2D eigenvalue weighted by atomic mass is 10.1. The molecule has 0 aliphatic carbocycles. The summed E-state index contributed by atoms with van der Waals surface area (Å²) < 4.78 is 36.7. The normalized spacial score (nSPS) is 11.8. The van der Waals surface area contributed by atoms with Crippen LogP contribution in [0, 0.1) is 0 Å². The van der Waals surface area contributed by atoms with E-state index in [1.807, 2.05) is 0 Å². The van der Waals surface area contributed by atoms with E-state index < -0.39 is 18.3 Å². The van der Waals surface area contributed by atoms with Crippen LogP contribution in [0.2, 0.25) is 0 Å². The van der Waals surface area contributed by atoms with Gasteiger partial charge in [-0.1, -0.05) is 22.0 Å². The van der Waals surface area contributed by atoms with Crippen LogP contribution in [0.25, 0.3) is 0 Å². The van der Waals surface area contributed by atoms with E-state index in [4.69, 9.17) is 5.11 Å². The molecule has 13 heavy (non-hydrogen) atoms. The van der Waals surface area contributed by atoms with E-state index in [0.29, 0.717) is 0 Å². The van der Waals surface area contributed by atoms with Gasteiger partial charge in [-0.25, -0.2) is 0 Å². The van der Waals surface area contributed by atoms with Crippen molar-refractivity contribution < 1.29 is 18.3 Å². The molecule has 0 aromatic heterocycles. The van der Waals surface area contributed by atoms with Crippen LogP contribution in [0.5, 0.6) is 0 Å². The van der Waals surface area contributed by atoms with E-state index in [2.05, 4.69) is 15.9 Å². The van der Waals surface area contributed by atoms with E-state index in [1.54, 1.807) is 0 Å². The summed E-state index contributed by atoms with van der Waals surface area (Å²) in [5, 5.41) is 8.64. The molecule has 0 spiro atoms. The Bertz CT molecular complexity index is 309. The molecule has 0 saturated carbocycles. The molecule has 1 N–H and O–H groups in total. The highest BCUT2D eigenvalue weighted by Crippen LogP contribution is 2.35. The average molecular weight is 255 g/mol. The van der Waals surface area contributed by atoms with Gasteiger partial charge in [0.2, 0.25) is 0 Å². The van der Waals surface area contributed by atoms with Crippen molar-refractivity contribution in [3.63, 3.8) is 0 Å². The van der Waals surface area contributed by atoms with E-state index in [1.165, 1.54) is 12.1 Å². The van der Waals surface area contributed by atoms with Crippen LogP contribution in [-0.4, -0.2) is 5.11 Å². The molecule has 72 valence electrons. The van der Waals surface area contributed by atoms with E-state index in [0.717, 1.165) is 6.07 Å². The maximum atomic E-state index is 12.3. The monoisotopic (exact) mass is 254 g/mol. The molecule has 0 amide bonds. The smallest absolute Gasteiger partial charge is 0.392 e. The number of hydrogen-bond donors (Lipinski definition) is 1. The summed E-state index contributed by atoms with van der Waals surface area (Å²) in [6, 6.07) is 3.62. The Morgan fingerprint density at radius 2 is 1.92 bits per heavy atom. The largest absolute Gasteiger partial charge is 0.417 e. The van der Waals surface area contributed by atoms with Gasteiger partial charge in [0.25, 0.3) is 0 Å². The lowest BCUT2D eigenvalue weighted by Crippen LogP contribution is -2.06. The Balaban J connectivity index is 3.19. The third-order valence-electron chi connectivity index (χ3n) is 1.52. The van der Waals surface area contributed by atoms with Crippen molar-refractivity contribution in [2.24, 2.45) is 0 Å². The van der Waals surface area contributed by atoms with Gasteiger partial charge in [-0.2, -0.15) is 13.2 Å². The van der Waals surface area contributed by atoms with Crippen molar-refractivity contribution in [2.45, 2.75) is 12.8 Å². The number of benzene rings is 1. The first kappa shape index (κ1) is 10.5. The van der Waals surface area contributed by atoms with Gasteiger partial charge in [-0.05, 0) is 17.7 Å². The summed E-state index contributed by atoms with van der Waals surface area (Å²) in [5.41, 5.74) is -0.519. The second-order valence-corrected chi connectivity index (χ2v) is 3.32. The highest BCUT2D eigenvalue weighted by molar-refractivity contribution is 9.10. The van der Waals surface area contributed by atoms with Gasteiger partial charge in [0.1, 0.15) is 0 Å². The summed E-state index contributed by atoms with van der Waals surface area (Å²) >= 11 is 2.79. The number of aliphatic hydroxyl groups is 1. The molecule has 1 nitrogen and oxygen atoms in total. The molecule has 0 aliphatic heterocycles. The minimum absolute atomic E-state index is 0.0165. The van der Waals surface area contributed by atoms with Crippen molar-refractivity contribution >= 4 is 15.9 Å². The number of aliphatic hydroxyl groups excluding tert-OH is 1. The molecule has 0 bridgehead atoms. The van der Waals surface area contributed by atoms with Crippen molar-refractivity contribution in [3.05, 3.63) is 33.8 Å². The minimum atomic E-state index is -4.38. The molecule has 0 heterocycles. The molecule has 0 radical (unpaired) electrons. The van der Waals surface area contributed by atoms with Crippen molar-refractivity contribution in [1.29, 1.82) is 0 Å². The molecule has 0 unspecified atom stereocenters. The summed E-state index contributed by atoms with van der Waals surface area (Å²) in [4.78, 5) is 0. The van der Waals surface area contributed by atoms with Crippen LogP contribution >= 0.6 is 15.9 Å². The van der Waals surface area contributed by atoms with E-state index >= 15 is 0 Å². The molecular weight excluding hydrogens is 249 g/mol. The van der Waals surface area contributed by atoms with Crippen molar-refractivity contribution in [1.82, 2.24) is 0 Å². The molecule has 1 aromatic rings. The first-order chi connectivity index (χ1) is 5.95.